The molecule has 0 aliphatic rings. The lowest BCUT2D eigenvalue weighted by Gasteiger charge is -2.35. The number of esters is 1. The lowest BCUT2D eigenvalue weighted by Crippen LogP contribution is -2.48. The Kier molecular flexibility index (Phi) is 3.91. The first-order chi connectivity index (χ1) is 6.53. The highest BCUT2D eigenvalue weighted by molar-refractivity contribution is 5.99. The predicted molar refractivity (Wildman–Crippen MR) is 56.4 cm³/mol. The molecule has 1 unspecified atom stereocenters. The Morgan fingerprint density at radius 2 is 1.53 bits per heavy atom. The fourth-order valence-corrected chi connectivity index (χ4v) is 1.05. The number of hydrogen-bond donors (Lipinski definition) is 1. The van der Waals surface area contributed by atoms with E-state index >= 15 is 0 Å². The van der Waals surface area contributed by atoms with E-state index in [1.165, 1.54) is 6.92 Å². The van der Waals surface area contributed by atoms with Crippen LogP contribution in [0.2, 0.25) is 0 Å². The maximum atomic E-state index is 11.8. The summed E-state index contributed by atoms with van der Waals surface area (Å²) in [6.07, 6.45) is -0.307. The summed E-state index contributed by atoms with van der Waals surface area (Å²) in [4.78, 5) is 23.0. The number of carbonyl (C=O) groups is 2. The van der Waals surface area contributed by atoms with Crippen LogP contribution < -0.4 is 0 Å². The quantitative estimate of drug-likeness (QED) is 0.579. The fraction of sp³-hybridized carbons (Fsp3) is 0.818. The molecule has 4 heteroatoms. The van der Waals surface area contributed by atoms with Crippen LogP contribution in [-0.2, 0) is 14.3 Å². The van der Waals surface area contributed by atoms with Crippen LogP contribution in [0.15, 0.2) is 0 Å². The molecule has 0 saturated carbocycles. The van der Waals surface area contributed by atoms with Gasteiger partial charge in [0.05, 0.1) is 6.10 Å². The summed E-state index contributed by atoms with van der Waals surface area (Å²) in [5, 5.41) is 9.15. The Balaban J connectivity index is 5.15. The minimum atomic E-state index is -1.52. The highest BCUT2D eigenvalue weighted by Gasteiger charge is 2.52. The Bertz CT molecular complexity index is 262. The van der Waals surface area contributed by atoms with Crippen molar-refractivity contribution < 1.29 is 19.4 Å². The van der Waals surface area contributed by atoms with Gasteiger partial charge in [-0.25, -0.2) is 0 Å². The monoisotopic (exact) mass is 216 g/mol. The molecule has 4 nitrogen and oxygen atoms in total. The van der Waals surface area contributed by atoms with Gasteiger partial charge in [-0.15, -0.1) is 0 Å². The Morgan fingerprint density at radius 3 is 1.73 bits per heavy atom. The molecule has 15 heavy (non-hydrogen) atoms. The van der Waals surface area contributed by atoms with Crippen LogP contribution in [0.25, 0.3) is 0 Å². The molecule has 0 bridgehead atoms. The summed E-state index contributed by atoms with van der Waals surface area (Å²) in [5.74, 6) is -1.84. The number of ether oxygens (including phenoxy) is 1. The third-order valence-electron chi connectivity index (χ3n) is 2.68. The molecule has 0 amide bonds. The van der Waals surface area contributed by atoms with Gasteiger partial charge in [-0.2, -0.15) is 0 Å². The van der Waals surface area contributed by atoms with Gasteiger partial charge in [0.2, 0.25) is 0 Å². The Morgan fingerprint density at radius 1 is 1.13 bits per heavy atom. The molecular weight excluding hydrogens is 196 g/mol. The number of rotatable bonds is 3. The second-order valence-electron chi connectivity index (χ2n) is 5.13. The summed E-state index contributed by atoms with van der Waals surface area (Å²) < 4.78 is 4.98. The molecule has 1 atom stereocenters. The maximum Gasteiger partial charge on any atom is 0.323 e. The van der Waals surface area contributed by atoms with Crippen LogP contribution in [0, 0.1) is 10.8 Å². The SMILES string of the molecule is CC(C)OC(=O)C(C)(C(=O)O)C(C)(C)C. The third kappa shape index (κ3) is 2.70. The van der Waals surface area contributed by atoms with Gasteiger partial charge in [0.1, 0.15) is 0 Å². The van der Waals surface area contributed by atoms with Gasteiger partial charge in [0.15, 0.2) is 5.41 Å². The lowest BCUT2D eigenvalue weighted by molar-refractivity contribution is -0.178. The van der Waals surface area contributed by atoms with E-state index in [0.29, 0.717) is 0 Å². The average Bonchev–Trinajstić information content (AvgIpc) is 1.98. The van der Waals surface area contributed by atoms with Gasteiger partial charge < -0.3 is 9.84 Å². The van der Waals surface area contributed by atoms with Gasteiger partial charge >= 0.3 is 11.9 Å². The van der Waals surface area contributed by atoms with Gasteiger partial charge in [0.25, 0.3) is 0 Å². The fourth-order valence-electron chi connectivity index (χ4n) is 1.05. The van der Waals surface area contributed by atoms with Crippen molar-refractivity contribution in [3.8, 4) is 0 Å². The van der Waals surface area contributed by atoms with Gasteiger partial charge in [-0.05, 0) is 26.2 Å². The van der Waals surface area contributed by atoms with Crippen molar-refractivity contribution in [1.82, 2.24) is 0 Å². The minimum absolute atomic E-state index is 0.307. The highest BCUT2D eigenvalue weighted by Crippen LogP contribution is 2.40. The molecule has 0 radical (unpaired) electrons. The molecule has 0 aromatic carbocycles. The smallest absolute Gasteiger partial charge is 0.323 e. The molecule has 88 valence electrons. The molecule has 0 aromatic heterocycles. The first-order valence-electron chi connectivity index (χ1n) is 4.98. The van der Waals surface area contributed by atoms with Crippen molar-refractivity contribution >= 4 is 11.9 Å². The lowest BCUT2D eigenvalue weighted by atomic mass is 9.68. The van der Waals surface area contributed by atoms with E-state index in [9.17, 15) is 9.59 Å². The van der Waals surface area contributed by atoms with Crippen LogP contribution in [0.4, 0.5) is 0 Å². The van der Waals surface area contributed by atoms with Gasteiger partial charge in [-0.1, -0.05) is 20.8 Å². The van der Waals surface area contributed by atoms with E-state index in [1.54, 1.807) is 34.6 Å². The average molecular weight is 216 g/mol. The molecule has 0 aliphatic heterocycles. The number of carboxylic acids is 1. The number of carbonyl (C=O) groups excluding carboxylic acids is 1. The number of aliphatic carboxylic acids is 1. The third-order valence-corrected chi connectivity index (χ3v) is 2.68. The van der Waals surface area contributed by atoms with Crippen molar-refractivity contribution in [1.29, 1.82) is 0 Å². The predicted octanol–water partition coefficient (Wildman–Crippen LogP) is 2.08. The topological polar surface area (TPSA) is 63.6 Å². The van der Waals surface area contributed by atoms with Crippen molar-refractivity contribution in [2.45, 2.75) is 47.6 Å². The molecule has 0 fully saturated rings. The van der Waals surface area contributed by atoms with E-state index in [-0.39, 0.29) is 6.10 Å². The van der Waals surface area contributed by atoms with Crippen LogP contribution in [0.5, 0.6) is 0 Å². The molecule has 0 aromatic rings. The minimum Gasteiger partial charge on any atom is -0.480 e. The van der Waals surface area contributed by atoms with E-state index in [0.717, 1.165) is 0 Å². The maximum absolute atomic E-state index is 11.8. The Hall–Kier alpha value is -1.06. The van der Waals surface area contributed by atoms with Gasteiger partial charge in [0, 0.05) is 0 Å². The zero-order chi connectivity index (χ0) is 12.4. The summed E-state index contributed by atoms with van der Waals surface area (Å²) >= 11 is 0. The molecule has 0 heterocycles. The van der Waals surface area contributed by atoms with E-state index in [4.69, 9.17) is 9.84 Å². The van der Waals surface area contributed by atoms with Crippen LogP contribution in [-0.4, -0.2) is 23.1 Å². The number of carboxylic acid groups (broad SMARTS) is 1. The summed E-state index contributed by atoms with van der Waals surface area (Å²) in [6.45, 7) is 9.93. The molecule has 0 rings (SSSR count). The van der Waals surface area contributed by atoms with E-state index < -0.39 is 22.8 Å². The first-order valence-corrected chi connectivity index (χ1v) is 4.98. The first kappa shape index (κ1) is 13.9. The largest absolute Gasteiger partial charge is 0.480 e. The molecule has 0 aliphatic carbocycles. The molecule has 0 saturated heterocycles. The van der Waals surface area contributed by atoms with E-state index in [2.05, 4.69) is 0 Å². The van der Waals surface area contributed by atoms with E-state index in [1.807, 2.05) is 0 Å². The standard InChI is InChI=1S/C11H20O4/c1-7(2)15-9(14)11(6,8(12)13)10(3,4)5/h7H,1-6H3,(H,12,13). The van der Waals surface area contributed by atoms with Crippen molar-refractivity contribution in [2.75, 3.05) is 0 Å². The number of hydrogen-bond acceptors (Lipinski definition) is 3. The Labute approximate surface area is 90.6 Å². The highest BCUT2D eigenvalue weighted by atomic mass is 16.5. The van der Waals surface area contributed by atoms with Crippen LogP contribution in [0.3, 0.4) is 0 Å². The summed E-state index contributed by atoms with van der Waals surface area (Å²) in [7, 11) is 0. The molecule has 0 spiro atoms. The zero-order valence-corrected chi connectivity index (χ0v) is 10.2. The van der Waals surface area contributed by atoms with Crippen molar-refractivity contribution in [3.05, 3.63) is 0 Å². The van der Waals surface area contributed by atoms with Crippen molar-refractivity contribution in [3.63, 3.8) is 0 Å². The van der Waals surface area contributed by atoms with Gasteiger partial charge in [-0.3, -0.25) is 9.59 Å². The summed E-state index contributed by atoms with van der Waals surface area (Å²) in [6, 6.07) is 0. The van der Waals surface area contributed by atoms with Crippen LogP contribution in [0.1, 0.15) is 41.5 Å². The normalized spacial score (nSPS) is 15.9. The molecular formula is C11H20O4. The zero-order valence-electron chi connectivity index (χ0n) is 10.2. The molecule has 1 N–H and O–H groups in total. The van der Waals surface area contributed by atoms with Crippen molar-refractivity contribution in [2.24, 2.45) is 10.8 Å². The summed E-state index contributed by atoms with van der Waals surface area (Å²) in [5.41, 5.74) is -2.21. The second-order valence-corrected chi connectivity index (χ2v) is 5.13. The van der Waals surface area contributed by atoms with Crippen LogP contribution >= 0.6 is 0 Å². The second kappa shape index (κ2) is 4.21.